The summed E-state index contributed by atoms with van der Waals surface area (Å²) < 4.78 is 0. The molecule has 0 spiro atoms. The third kappa shape index (κ3) is 3.17. The summed E-state index contributed by atoms with van der Waals surface area (Å²) in [5.41, 5.74) is 6.24. The predicted octanol–water partition coefficient (Wildman–Crippen LogP) is 0.00948. The van der Waals surface area contributed by atoms with Gasteiger partial charge in [0.05, 0.1) is 18.1 Å². The molecule has 0 fully saturated rings. The minimum atomic E-state index is -1.42. The van der Waals surface area contributed by atoms with Crippen molar-refractivity contribution in [2.24, 2.45) is 0 Å². The van der Waals surface area contributed by atoms with E-state index in [1.165, 1.54) is 18.2 Å². The molecule has 90 valence electrons. The summed E-state index contributed by atoms with van der Waals surface area (Å²) in [6, 6.07) is 6.03. The van der Waals surface area contributed by atoms with Crippen LogP contribution in [0.2, 0.25) is 0 Å². The van der Waals surface area contributed by atoms with E-state index in [2.05, 4.69) is 0 Å². The zero-order valence-electron chi connectivity index (χ0n) is 8.87. The van der Waals surface area contributed by atoms with Crippen LogP contribution in [0.15, 0.2) is 18.2 Å². The molecule has 5 N–H and O–H groups in total. The van der Waals surface area contributed by atoms with Gasteiger partial charge in [-0.1, -0.05) is 6.07 Å². The van der Waals surface area contributed by atoms with E-state index in [1.54, 1.807) is 0 Å². The Morgan fingerprint density at radius 3 is 2.59 bits per heavy atom. The van der Waals surface area contributed by atoms with Crippen LogP contribution in [-0.2, 0) is 4.79 Å². The van der Waals surface area contributed by atoms with Crippen LogP contribution < -0.4 is 5.73 Å². The number of rotatable bonds is 4. The molecule has 17 heavy (non-hydrogen) atoms. The van der Waals surface area contributed by atoms with Crippen LogP contribution in [0.1, 0.15) is 23.7 Å². The Morgan fingerprint density at radius 1 is 1.47 bits per heavy atom. The minimum Gasteiger partial charge on any atom is -0.481 e. The molecular weight excluding hydrogens is 224 g/mol. The molecule has 0 aliphatic heterocycles. The Hall–Kier alpha value is -2.10. The highest BCUT2D eigenvalue weighted by atomic mass is 16.4. The molecule has 1 rings (SSSR count). The number of hydrogen-bond donors (Lipinski definition) is 4. The van der Waals surface area contributed by atoms with Gasteiger partial charge in [0, 0.05) is 5.69 Å². The van der Waals surface area contributed by atoms with E-state index in [4.69, 9.17) is 16.1 Å². The highest BCUT2D eigenvalue weighted by Crippen LogP contribution is 2.22. The molecule has 0 aliphatic carbocycles. The third-order valence-corrected chi connectivity index (χ3v) is 2.29. The first-order chi connectivity index (χ1) is 7.95. The number of nitrogens with zero attached hydrogens (tertiary/aromatic N) is 1. The van der Waals surface area contributed by atoms with Gasteiger partial charge in [0.2, 0.25) is 0 Å². The zero-order chi connectivity index (χ0) is 13.0. The lowest BCUT2D eigenvalue weighted by Crippen LogP contribution is -2.21. The van der Waals surface area contributed by atoms with Gasteiger partial charge in [0.1, 0.15) is 12.2 Å². The maximum absolute atomic E-state index is 10.4. The molecule has 0 amide bonds. The smallest absolute Gasteiger partial charge is 0.306 e. The van der Waals surface area contributed by atoms with Crippen molar-refractivity contribution in [3.8, 4) is 6.07 Å². The van der Waals surface area contributed by atoms with E-state index in [9.17, 15) is 15.0 Å². The van der Waals surface area contributed by atoms with E-state index in [0.29, 0.717) is 0 Å². The predicted molar refractivity (Wildman–Crippen MR) is 58.8 cm³/mol. The first kappa shape index (κ1) is 13.0. The summed E-state index contributed by atoms with van der Waals surface area (Å²) in [6.07, 6.45) is -3.33. The molecule has 6 heteroatoms. The van der Waals surface area contributed by atoms with Gasteiger partial charge in [-0.05, 0) is 17.7 Å². The Balaban J connectivity index is 2.90. The number of nitrogen functional groups attached to an aromatic ring is 1. The fourth-order valence-corrected chi connectivity index (χ4v) is 1.38. The van der Waals surface area contributed by atoms with E-state index in [-0.39, 0.29) is 16.8 Å². The molecule has 2 atom stereocenters. The first-order valence-electron chi connectivity index (χ1n) is 4.83. The Labute approximate surface area is 97.5 Å². The fraction of sp³-hybridized carbons (Fsp3) is 0.273. The van der Waals surface area contributed by atoms with Crippen molar-refractivity contribution in [3.63, 3.8) is 0 Å². The van der Waals surface area contributed by atoms with Crippen molar-refractivity contribution >= 4 is 11.7 Å². The molecule has 1 aromatic carbocycles. The van der Waals surface area contributed by atoms with Crippen LogP contribution in [0, 0.1) is 11.3 Å². The number of nitriles is 1. The number of anilines is 1. The van der Waals surface area contributed by atoms with Gasteiger partial charge in [-0.25, -0.2) is 0 Å². The minimum absolute atomic E-state index is 0.173. The quantitative estimate of drug-likeness (QED) is 0.545. The Bertz CT molecular complexity index is 467. The van der Waals surface area contributed by atoms with Crippen molar-refractivity contribution < 1.29 is 20.1 Å². The standard InChI is InChI=1S/C11H12N2O4/c12-5-7-2-1-6(3-8(7)13)11(17)9(14)4-10(15)16/h1-3,9,11,14,17H,4,13H2,(H,15,16). The van der Waals surface area contributed by atoms with Crippen molar-refractivity contribution in [2.45, 2.75) is 18.6 Å². The number of carboxylic acids is 1. The molecule has 0 bridgehead atoms. The topological polar surface area (TPSA) is 128 Å². The second kappa shape index (κ2) is 5.30. The number of aliphatic carboxylic acids is 1. The van der Waals surface area contributed by atoms with Gasteiger partial charge in [0.25, 0.3) is 0 Å². The molecule has 1 aromatic rings. The van der Waals surface area contributed by atoms with Gasteiger partial charge in [-0.3, -0.25) is 4.79 Å². The number of aliphatic hydroxyl groups is 2. The molecule has 0 saturated carbocycles. The number of carboxylic acid groups (broad SMARTS) is 1. The lowest BCUT2D eigenvalue weighted by atomic mass is 10.00. The van der Waals surface area contributed by atoms with E-state index in [0.717, 1.165) is 0 Å². The summed E-state index contributed by atoms with van der Waals surface area (Å²) in [5.74, 6) is -1.21. The van der Waals surface area contributed by atoms with Gasteiger partial charge < -0.3 is 21.1 Å². The highest BCUT2D eigenvalue weighted by molar-refractivity contribution is 5.67. The molecule has 6 nitrogen and oxygen atoms in total. The maximum atomic E-state index is 10.4. The van der Waals surface area contributed by atoms with Gasteiger partial charge in [-0.2, -0.15) is 5.26 Å². The lowest BCUT2D eigenvalue weighted by molar-refractivity contribution is -0.141. The van der Waals surface area contributed by atoms with E-state index < -0.39 is 24.6 Å². The molecule has 0 aromatic heterocycles. The molecule has 0 saturated heterocycles. The van der Waals surface area contributed by atoms with Gasteiger partial charge in [-0.15, -0.1) is 0 Å². The molecule has 2 unspecified atom stereocenters. The van der Waals surface area contributed by atoms with Crippen LogP contribution in [0.4, 0.5) is 5.69 Å². The SMILES string of the molecule is N#Cc1ccc(C(O)C(O)CC(=O)O)cc1N. The Morgan fingerprint density at radius 2 is 2.12 bits per heavy atom. The number of nitrogens with two attached hydrogens (primary N) is 1. The first-order valence-corrected chi connectivity index (χ1v) is 4.83. The fourth-order valence-electron chi connectivity index (χ4n) is 1.38. The summed E-state index contributed by atoms with van der Waals surface area (Å²) in [5, 5.41) is 36.2. The van der Waals surface area contributed by atoms with Crippen molar-refractivity contribution in [1.82, 2.24) is 0 Å². The van der Waals surface area contributed by atoms with E-state index in [1.807, 2.05) is 6.07 Å². The second-order valence-electron chi connectivity index (χ2n) is 3.57. The van der Waals surface area contributed by atoms with Crippen LogP contribution in [0.3, 0.4) is 0 Å². The normalized spacial score (nSPS) is 13.7. The Kier molecular flexibility index (Phi) is 4.04. The third-order valence-electron chi connectivity index (χ3n) is 2.29. The summed E-state index contributed by atoms with van der Waals surface area (Å²) in [4.78, 5) is 10.4. The van der Waals surface area contributed by atoms with Crippen molar-refractivity contribution in [2.75, 3.05) is 5.73 Å². The number of carbonyl (C=O) groups is 1. The average Bonchev–Trinajstić information content (AvgIpc) is 2.27. The highest BCUT2D eigenvalue weighted by Gasteiger charge is 2.21. The largest absolute Gasteiger partial charge is 0.481 e. The molecule has 0 aliphatic rings. The molecule has 0 heterocycles. The van der Waals surface area contributed by atoms with Crippen LogP contribution in [0.5, 0.6) is 0 Å². The van der Waals surface area contributed by atoms with Crippen LogP contribution >= 0.6 is 0 Å². The van der Waals surface area contributed by atoms with Crippen LogP contribution in [-0.4, -0.2) is 27.4 Å². The van der Waals surface area contributed by atoms with Crippen molar-refractivity contribution in [1.29, 1.82) is 5.26 Å². The van der Waals surface area contributed by atoms with Gasteiger partial charge >= 0.3 is 5.97 Å². The summed E-state index contributed by atoms with van der Waals surface area (Å²) >= 11 is 0. The van der Waals surface area contributed by atoms with Crippen molar-refractivity contribution in [3.05, 3.63) is 29.3 Å². The lowest BCUT2D eigenvalue weighted by Gasteiger charge is -2.17. The number of hydrogen-bond acceptors (Lipinski definition) is 5. The molecular formula is C11H12N2O4. The van der Waals surface area contributed by atoms with E-state index >= 15 is 0 Å². The summed E-state index contributed by atoms with van der Waals surface area (Å²) in [6.45, 7) is 0. The maximum Gasteiger partial charge on any atom is 0.306 e. The van der Waals surface area contributed by atoms with Gasteiger partial charge in [0.15, 0.2) is 0 Å². The number of aliphatic hydroxyl groups excluding tert-OH is 2. The number of benzene rings is 1. The average molecular weight is 236 g/mol. The van der Waals surface area contributed by atoms with Crippen LogP contribution in [0.25, 0.3) is 0 Å². The summed E-state index contributed by atoms with van der Waals surface area (Å²) in [7, 11) is 0. The zero-order valence-corrected chi connectivity index (χ0v) is 8.87. The molecule has 0 radical (unpaired) electrons. The monoisotopic (exact) mass is 236 g/mol. The second-order valence-corrected chi connectivity index (χ2v) is 3.57.